The monoisotopic (exact) mass is 228 g/mol. The van der Waals surface area contributed by atoms with Crippen LogP contribution in [0.3, 0.4) is 0 Å². The van der Waals surface area contributed by atoms with Gasteiger partial charge >= 0.3 is 0 Å². The second kappa shape index (κ2) is 4.49. The number of H-pyrrole nitrogens is 1. The minimum absolute atomic E-state index is 0.0954. The standard InChI is InChI=1S/C12H18B2N2O/c1-15-12(13,14)6-8-7-16-11-4-3-9(17-2)5-10(8)11/h3-5,7,15-16H,6,13-14H2,1-2H3. The van der Waals surface area contributed by atoms with Gasteiger partial charge in [-0.15, -0.1) is 0 Å². The van der Waals surface area contributed by atoms with E-state index in [-0.39, 0.29) is 5.34 Å². The SMILES string of the molecule is BC(B)(Cc1c[nH]c2ccc(OC)cc12)NC. The fourth-order valence-electron chi connectivity index (χ4n) is 2.00. The third kappa shape index (κ3) is 2.50. The molecule has 0 amide bonds. The van der Waals surface area contributed by atoms with E-state index in [1.54, 1.807) is 7.11 Å². The van der Waals surface area contributed by atoms with Crippen LogP contribution in [0, 0.1) is 0 Å². The summed E-state index contributed by atoms with van der Waals surface area (Å²) in [5, 5.41) is 4.67. The van der Waals surface area contributed by atoms with Gasteiger partial charge in [-0.1, -0.05) is 0 Å². The number of hydrogen-bond donors (Lipinski definition) is 2. The highest BCUT2D eigenvalue weighted by molar-refractivity contribution is 6.40. The van der Waals surface area contributed by atoms with Crippen LogP contribution in [0.25, 0.3) is 10.9 Å². The lowest BCUT2D eigenvalue weighted by molar-refractivity contribution is 0.415. The van der Waals surface area contributed by atoms with E-state index < -0.39 is 0 Å². The summed E-state index contributed by atoms with van der Waals surface area (Å²) < 4.78 is 5.27. The summed E-state index contributed by atoms with van der Waals surface area (Å²) in [6, 6.07) is 6.13. The third-order valence-corrected chi connectivity index (χ3v) is 3.28. The first-order valence-corrected chi connectivity index (χ1v) is 5.88. The zero-order valence-electron chi connectivity index (χ0n) is 10.9. The van der Waals surface area contributed by atoms with Crippen LogP contribution >= 0.6 is 0 Å². The number of likely N-dealkylation sites (N-methyl/N-ethyl adjacent to an activating group) is 1. The van der Waals surface area contributed by atoms with Crippen LogP contribution < -0.4 is 10.1 Å². The van der Waals surface area contributed by atoms with E-state index in [0.717, 1.165) is 17.7 Å². The maximum Gasteiger partial charge on any atom is 0.119 e. The number of ether oxygens (including phenoxy) is 1. The Bertz CT molecular complexity index is 522. The molecule has 0 saturated heterocycles. The van der Waals surface area contributed by atoms with Gasteiger partial charge in [-0.25, -0.2) is 0 Å². The van der Waals surface area contributed by atoms with Gasteiger partial charge in [-0.3, -0.25) is 0 Å². The molecule has 17 heavy (non-hydrogen) atoms. The van der Waals surface area contributed by atoms with Gasteiger partial charge in [0.2, 0.25) is 0 Å². The van der Waals surface area contributed by atoms with Crippen molar-refractivity contribution in [3.8, 4) is 5.75 Å². The molecule has 0 aliphatic heterocycles. The van der Waals surface area contributed by atoms with Crippen LogP contribution in [-0.2, 0) is 6.42 Å². The lowest BCUT2D eigenvalue weighted by atomic mass is 9.59. The zero-order valence-corrected chi connectivity index (χ0v) is 10.9. The van der Waals surface area contributed by atoms with Crippen molar-refractivity contribution in [1.29, 1.82) is 0 Å². The van der Waals surface area contributed by atoms with Crippen LogP contribution in [0.5, 0.6) is 5.75 Å². The molecule has 0 radical (unpaired) electrons. The quantitative estimate of drug-likeness (QED) is 0.714. The minimum Gasteiger partial charge on any atom is -0.497 e. The molecule has 1 heterocycles. The normalized spacial score (nSPS) is 11.9. The van der Waals surface area contributed by atoms with E-state index >= 15 is 0 Å². The summed E-state index contributed by atoms with van der Waals surface area (Å²) in [5.74, 6) is 0.903. The van der Waals surface area contributed by atoms with Gasteiger partial charge in [0.15, 0.2) is 0 Å². The Morgan fingerprint density at radius 2 is 2.18 bits per heavy atom. The molecule has 0 aliphatic rings. The summed E-state index contributed by atoms with van der Waals surface area (Å²) in [7, 11) is 8.10. The number of methoxy groups -OCH3 is 1. The molecule has 2 rings (SSSR count). The number of aromatic amines is 1. The topological polar surface area (TPSA) is 37.0 Å². The molecule has 1 aromatic heterocycles. The van der Waals surface area contributed by atoms with Crippen molar-refractivity contribution in [3.05, 3.63) is 30.0 Å². The van der Waals surface area contributed by atoms with E-state index in [9.17, 15) is 0 Å². The van der Waals surface area contributed by atoms with Gasteiger partial charge in [-0.2, -0.15) is 0 Å². The summed E-state index contributed by atoms with van der Waals surface area (Å²) in [4.78, 5) is 3.30. The third-order valence-electron chi connectivity index (χ3n) is 3.28. The zero-order chi connectivity index (χ0) is 12.5. The van der Waals surface area contributed by atoms with Crippen molar-refractivity contribution in [2.45, 2.75) is 11.8 Å². The van der Waals surface area contributed by atoms with Crippen molar-refractivity contribution < 1.29 is 4.74 Å². The minimum atomic E-state index is 0.0954. The highest BCUT2D eigenvalue weighted by Crippen LogP contribution is 2.25. The first-order valence-electron chi connectivity index (χ1n) is 5.88. The lowest BCUT2D eigenvalue weighted by Gasteiger charge is -2.23. The molecule has 88 valence electrons. The molecular weight excluding hydrogens is 210 g/mol. The predicted octanol–water partition coefficient (Wildman–Crippen LogP) is -0.142. The van der Waals surface area contributed by atoms with E-state index in [1.807, 2.05) is 13.1 Å². The molecule has 0 bridgehead atoms. The van der Waals surface area contributed by atoms with E-state index in [1.165, 1.54) is 10.9 Å². The van der Waals surface area contributed by atoms with Crippen LogP contribution in [0.1, 0.15) is 5.56 Å². The van der Waals surface area contributed by atoms with Crippen molar-refractivity contribution in [1.82, 2.24) is 10.3 Å². The molecule has 0 spiro atoms. The number of rotatable bonds is 4. The molecule has 1 aromatic carbocycles. The molecule has 0 unspecified atom stereocenters. The van der Waals surface area contributed by atoms with Crippen molar-refractivity contribution in [2.24, 2.45) is 0 Å². The molecule has 0 atom stereocenters. The first kappa shape index (κ1) is 12.1. The van der Waals surface area contributed by atoms with E-state index in [0.29, 0.717) is 0 Å². The van der Waals surface area contributed by atoms with Crippen LogP contribution in [-0.4, -0.2) is 40.2 Å². The molecule has 2 aromatic rings. The van der Waals surface area contributed by atoms with Gasteiger partial charge < -0.3 is 15.0 Å². The van der Waals surface area contributed by atoms with Gasteiger partial charge in [0, 0.05) is 17.1 Å². The molecule has 0 saturated carbocycles. The fourth-order valence-corrected chi connectivity index (χ4v) is 2.00. The number of hydrogen-bond acceptors (Lipinski definition) is 2. The summed E-state index contributed by atoms with van der Waals surface area (Å²) in [6.07, 6.45) is 3.07. The number of aromatic nitrogens is 1. The van der Waals surface area contributed by atoms with Crippen LogP contribution in [0.4, 0.5) is 0 Å². The van der Waals surface area contributed by atoms with Crippen molar-refractivity contribution in [3.63, 3.8) is 0 Å². The Labute approximate surface area is 104 Å². The van der Waals surface area contributed by atoms with E-state index in [4.69, 9.17) is 4.74 Å². The smallest absolute Gasteiger partial charge is 0.119 e. The summed E-state index contributed by atoms with van der Waals surface area (Å²) in [6.45, 7) is 0. The average molecular weight is 228 g/mol. The largest absolute Gasteiger partial charge is 0.497 e. The Kier molecular flexibility index (Phi) is 3.20. The van der Waals surface area contributed by atoms with Gasteiger partial charge in [0.1, 0.15) is 21.4 Å². The maximum atomic E-state index is 5.27. The second-order valence-electron chi connectivity index (χ2n) is 5.04. The van der Waals surface area contributed by atoms with Crippen molar-refractivity contribution >= 4 is 26.6 Å². The highest BCUT2D eigenvalue weighted by Gasteiger charge is 2.17. The Hall–Kier alpha value is -1.35. The molecule has 3 nitrogen and oxygen atoms in total. The molecule has 2 N–H and O–H groups in total. The van der Waals surface area contributed by atoms with Gasteiger partial charge in [-0.05, 0) is 42.6 Å². The highest BCUT2D eigenvalue weighted by atomic mass is 16.5. The molecule has 0 aliphatic carbocycles. The van der Waals surface area contributed by atoms with Crippen LogP contribution in [0.15, 0.2) is 24.4 Å². The number of benzene rings is 1. The molecule has 0 fully saturated rings. The molecule has 5 heteroatoms. The maximum absolute atomic E-state index is 5.27. The Morgan fingerprint density at radius 3 is 2.82 bits per heavy atom. The average Bonchev–Trinajstić information content (AvgIpc) is 2.71. The van der Waals surface area contributed by atoms with Gasteiger partial charge in [0.25, 0.3) is 0 Å². The van der Waals surface area contributed by atoms with Crippen LogP contribution in [0.2, 0.25) is 0 Å². The van der Waals surface area contributed by atoms with Gasteiger partial charge in [0.05, 0.1) is 7.11 Å². The summed E-state index contributed by atoms with van der Waals surface area (Å²) >= 11 is 0. The fraction of sp³-hybridized carbons (Fsp3) is 0.333. The number of fused-ring (bicyclic) bond motifs is 1. The molecular formula is C12H18B2N2O. The summed E-state index contributed by atoms with van der Waals surface area (Å²) in [5.41, 5.74) is 2.48. The first-order chi connectivity index (χ1) is 8.05. The van der Waals surface area contributed by atoms with E-state index in [2.05, 4.69) is 44.3 Å². The number of nitrogens with one attached hydrogen (secondary N) is 2. The predicted molar refractivity (Wildman–Crippen MR) is 77.4 cm³/mol. The Balaban J connectivity index is 2.41. The second-order valence-corrected chi connectivity index (χ2v) is 5.04. The Morgan fingerprint density at radius 1 is 1.41 bits per heavy atom. The van der Waals surface area contributed by atoms with Crippen molar-refractivity contribution in [2.75, 3.05) is 14.2 Å². The lowest BCUT2D eigenvalue weighted by Crippen LogP contribution is -2.46.